The Hall–Kier alpha value is -12.4. The number of para-hydroxylation sites is 3. The van der Waals surface area contributed by atoms with E-state index in [4.69, 9.17) is 1.37 Å². The van der Waals surface area contributed by atoms with Gasteiger partial charge in [-0.1, -0.05) is 305 Å². The van der Waals surface area contributed by atoms with Crippen LogP contribution in [0.4, 0.5) is 51.2 Å². The molecule has 3 heterocycles. The van der Waals surface area contributed by atoms with Crippen molar-refractivity contribution in [3.63, 3.8) is 0 Å². The molecule has 5 heteroatoms. The van der Waals surface area contributed by atoms with E-state index in [9.17, 15) is 5.48 Å². The van der Waals surface area contributed by atoms with Crippen LogP contribution in [-0.2, 0) is 16.2 Å². The van der Waals surface area contributed by atoms with Crippen LogP contribution in [0.25, 0.3) is 94.3 Å². The van der Waals surface area contributed by atoms with Crippen LogP contribution in [0.5, 0.6) is 0 Å². The third-order valence-electron chi connectivity index (χ3n) is 21.8. The molecule has 15 aromatic carbocycles. The fourth-order valence-corrected chi connectivity index (χ4v) is 16.3. The molecule has 16 aromatic rings. The summed E-state index contributed by atoms with van der Waals surface area (Å²) < 4.78 is 49.1. The smallest absolute Gasteiger partial charge is 0.252 e. The highest BCUT2D eigenvalue weighted by Crippen LogP contribution is 2.54. The molecular formula is C102H85BN4. The van der Waals surface area contributed by atoms with Crippen LogP contribution in [-0.4, -0.2) is 11.3 Å². The average Bonchev–Trinajstić information content (AvgIpc) is 0.725. The van der Waals surface area contributed by atoms with Crippen LogP contribution in [0, 0.1) is 0 Å². The maximum Gasteiger partial charge on any atom is 0.252 e. The Bertz CT molecular complexity index is 6160. The first-order valence-electron chi connectivity index (χ1n) is 39.8. The summed E-state index contributed by atoms with van der Waals surface area (Å²) in [7, 11) is 0. The molecule has 2 aliphatic heterocycles. The highest BCUT2D eigenvalue weighted by atomic mass is 15.2. The SMILES string of the molecule is [2H]c1c([2H])c([2H])c(-c2ccc3c(c2)N(c2c(-c4ccccc4)cc(C(C)(C)C)cc2-c2ccccc2)c2cc(-c4cc(C(C)(C)C)cc(C(C)(C)C)c4)cc4c2B3c2ccc(-n3c5ccccc5c5cc(N(c6ccccc6)c6ccccc6)ccc53)cc2N4c2cc(-c3ccccc3)cc(-c3ccccc3)c2)c([2H])c1[2H]. The molecule has 4 nitrogen and oxygen atoms in total. The van der Waals surface area contributed by atoms with Gasteiger partial charge in [-0.3, -0.25) is 0 Å². The molecule has 0 saturated heterocycles. The molecule has 2 aliphatic rings. The molecular weight excluding hydrogens is 1290 g/mol. The predicted molar refractivity (Wildman–Crippen MR) is 458 cm³/mol. The van der Waals surface area contributed by atoms with Gasteiger partial charge in [-0.05, 0) is 214 Å². The fraction of sp³-hybridized carbons (Fsp3) is 0.118. The summed E-state index contributed by atoms with van der Waals surface area (Å²) in [5.41, 5.74) is 29.1. The van der Waals surface area contributed by atoms with Crippen molar-refractivity contribution in [2.45, 2.75) is 78.6 Å². The fourth-order valence-electron chi connectivity index (χ4n) is 16.3. The average molecular weight is 1380 g/mol. The number of fused-ring (bicyclic) bond motifs is 7. The summed E-state index contributed by atoms with van der Waals surface area (Å²) >= 11 is 0. The van der Waals surface area contributed by atoms with Gasteiger partial charge in [0.25, 0.3) is 6.71 Å². The van der Waals surface area contributed by atoms with Gasteiger partial charge in [-0.2, -0.15) is 0 Å². The van der Waals surface area contributed by atoms with Gasteiger partial charge in [0.2, 0.25) is 0 Å². The molecule has 0 unspecified atom stereocenters. The Morgan fingerprint density at radius 1 is 0.290 bits per heavy atom. The molecule has 0 N–H and O–H groups in total. The molecule has 107 heavy (non-hydrogen) atoms. The number of aromatic nitrogens is 1. The Kier molecular flexibility index (Phi) is 15.0. The summed E-state index contributed by atoms with van der Waals surface area (Å²) in [6.07, 6.45) is 0. The maximum absolute atomic E-state index is 9.70. The van der Waals surface area contributed by atoms with E-state index >= 15 is 0 Å². The number of benzene rings is 15. The van der Waals surface area contributed by atoms with Crippen molar-refractivity contribution in [2.24, 2.45) is 0 Å². The second kappa shape index (κ2) is 26.3. The van der Waals surface area contributed by atoms with Crippen LogP contribution < -0.4 is 31.1 Å². The Morgan fingerprint density at radius 3 is 1.27 bits per heavy atom. The topological polar surface area (TPSA) is 14.7 Å². The van der Waals surface area contributed by atoms with Crippen LogP contribution in [0.15, 0.2) is 352 Å². The van der Waals surface area contributed by atoms with Gasteiger partial charge in [0.05, 0.1) is 23.6 Å². The monoisotopic (exact) mass is 1380 g/mol. The first kappa shape index (κ1) is 60.9. The zero-order valence-corrected chi connectivity index (χ0v) is 62.0. The third kappa shape index (κ3) is 12.0. The lowest BCUT2D eigenvalue weighted by Gasteiger charge is -2.45. The molecule has 0 spiro atoms. The standard InChI is InChI=1S/C102H85BN4/c1-100(2,3)78-56-76(57-79(63-78)101(4,5)6)77-61-96-98-97(62-77)107(99-87(71-39-23-13-24-40-71)64-80(102(7,8)9)65-88(99)72-41-25-14-26-42-72)94-60-73(68-33-17-10-18-34-68)49-52-90(94)103(98)91-53-50-84(67-95(91)106(96)85-58-74(69-35-19-11-20-36-69)55-75(59-85)70-37-21-12-22-38-70)105-92-48-32-31-47-86(92)89-66-83(51-54-93(89)105)104(81-43-27-15-28-44-81)82-45-29-16-30-46-82/h10-67H,1-9H3/i10D,17D,18D,33D,34D. The van der Waals surface area contributed by atoms with Gasteiger partial charge < -0.3 is 19.3 Å². The molecule has 0 radical (unpaired) electrons. The molecule has 0 bridgehead atoms. The van der Waals surface area contributed by atoms with Crippen molar-refractivity contribution in [3.8, 4) is 72.4 Å². The number of hydrogen-bond donors (Lipinski definition) is 0. The second-order valence-corrected chi connectivity index (χ2v) is 31.8. The molecule has 0 fully saturated rings. The molecule has 0 atom stereocenters. The second-order valence-electron chi connectivity index (χ2n) is 31.8. The van der Waals surface area contributed by atoms with E-state index in [-0.39, 0.29) is 46.0 Å². The summed E-state index contributed by atoms with van der Waals surface area (Å²) in [5, 5.41) is 2.24. The number of rotatable bonds is 12. The maximum atomic E-state index is 9.70. The van der Waals surface area contributed by atoms with E-state index in [0.29, 0.717) is 5.56 Å². The molecule has 516 valence electrons. The van der Waals surface area contributed by atoms with E-state index in [1.54, 1.807) is 0 Å². The summed E-state index contributed by atoms with van der Waals surface area (Å²) in [4.78, 5) is 7.40. The lowest BCUT2D eigenvalue weighted by Crippen LogP contribution is -2.61. The minimum absolute atomic E-state index is 0.135. The normalized spacial score (nSPS) is 13.3. The van der Waals surface area contributed by atoms with Gasteiger partial charge in [-0.25, -0.2) is 0 Å². The van der Waals surface area contributed by atoms with Crippen molar-refractivity contribution in [1.82, 2.24) is 4.57 Å². The highest BCUT2D eigenvalue weighted by Gasteiger charge is 2.46. The summed E-state index contributed by atoms with van der Waals surface area (Å²) in [5.74, 6) is 0. The van der Waals surface area contributed by atoms with Crippen molar-refractivity contribution in [1.29, 1.82) is 0 Å². The van der Waals surface area contributed by atoms with Crippen molar-refractivity contribution in [3.05, 3.63) is 368 Å². The Morgan fingerprint density at radius 2 is 0.729 bits per heavy atom. The highest BCUT2D eigenvalue weighted by molar-refractivity contribution is 7.00. The number of anilines is 9. The van der Waals surface area contributed by atoms with Gasteiger partial charge in [-0.15, -0.1) is 0 Å². The Labute approximate surface area is 637 Å². The number of nitrogens with zero attached hydrogens (tertiary/aromatic N) is 4. The van der Waals surface area contributed by atoms with E-state index in [1.165, 1.54) is 11.1 Å². The van der Waals surface area contributed by atoms with Crippen molar-refractivity contribution < 1.29 is 6.85 Å². The molecule has 1 aromatic heterocycles. The molecule has 0 aliphatic carbocycles. The van der Waals surface area contributed by atoms with E-state index in [2.05, 4.69) is 397 Å². The largest absolute Gasteiger partial charge is 0.311 e. The Balaban J connectivity index is 1.01. The van der Waals surface area contributed by atoms with Gasteiger partial charge >= 0.3 is 0 Å². The van der Waals surface area contributed by atoms with Crippen LogP contribution in [0.2, 0.25) is 0 Å². The van der Waals surface area contributed by atoms with E-state index in [0.717, 1.165) is 156 Å². The molecule has 0 amide bonds. The first-order valence-corrected chi connectivity index (χ1v) is 37.3. The molecule has 0 saturated carbocycles. The predicted octanol–water partition coefficient (Wildman–Crippen LogP) is 26.2. The van der Waals surface area contributed by atoms with E-state index in [1.807, 2.05) is 6.07 Å². The van der Waals surface area contributed by atoms with Crippen LogP contribution in [0.3, 0.4) is 0 Å². The third-order valence-corrected chi connectivity index (χ3v) is 21.8. The van der Waals surface area contributed by atoms with Crippen LogP contribution in [0.1, 0.15) is 85.9 Å². The minimum atomic E-state index is -0.450. The van der Waals surface area contributed by atoms with Crippen LogP contribution >= 0.6 is 0 Å². The lowest BCUT2D eigenvalue weighted by atomic mass is 9.33. The van der Waals surface area contributed by atoms with Gasteiger partial charge in [0.15, 0.2) is 0 Å². The zero-order valence-electron chi connectivity index (χ0n) is 67.0. The lowest BCUT2D eigenvalue weighted by molar-refractivity contribution is 0.569. The quantitative estimate of drug-likeness (QED) is 0.113. The summed E-state index contributed by atoms with van der Waals surface area (Å²) in [6, 6.07) is 116. The minimum Gasteiger partial charge on any atom is -0.311 e. The van der Waals surface area contributed by atoms with Crippen molar-refractivity contribution >= 4 is 96.1 Å². The van der Waals surface area contributed by atoms with Crippen molar-refractivity contribution in [2.75, 3.05) is 14.7 Å². The first-order chi connectivity index (χ1) is 54.0. The summed E-state index contributed by atoms with van der Waals surface area (Å²) in [6.45, 7) is 20.3. The zero-order chi connectivity index (χ0) is 77.2. The number of hydrogen-bond acceptors (Lipinski definition) is 3. The van der Waals surface area contributed by atoms with E-state index < -0.39 is 12.8 Å². The van der Waals surface area contributed by atoms with Gasteiger partial charge in [0, 0.05) is 73.1 Å². The van der Waals surface area contributed by atoms with Gasteiger partial charge in [0.1, 0.15) is 0 Å². The molecule has 18 rings (SSSR count).